The van der Waals surface area contributed by atoms with Crippen molar-refractivity contribution in [2.75, 3.05) is 17.7 Å². The smallest absolute Gasteiger partial charge is 0.223 e. The molecule has 1 saturated heterocycles. The van der Waals surface area contributed by atoms with Gasteiger partial charge in [-0.1, -0.05) is 6.92 Å². The Bertz CT molecular complexity index is 667. The van der Waals surface area contributed by atoms with Crippen LogP contribution in [0.1, 0.15) is 31.1 Å². The van der Waals surface area contributed by atoms with E-state index in [1.807, 2.05) is 0 Å². The van der Waals surface area contributed by atoms with Crippen molar-refractivity contribution >= 4 is 33.3 Å². The van der Waals surface area contributed by atoms with E-state index in [0.717, 1.165) is 41.4 Å². The highest BCUT2D eigenvalue weighted by Gasteiger charge is 2.40. The number of rotatable bonds is 4. The lowest BCUT2D eigenvalue weighted by atomic mass is 10.1. The summed E-state index contributed by atoms with van der Waals surface area (Å²) in [6.07, 6.45) is 4.97. The number of thiophene rings is 1. The van der Waals surface area contributed by atoms with Crippen LogP contribution in [0.3, 0.4) is 0 Å². The molecule has 2 aromatic heterocycles. The van der Waals surface area contributed by atoms with Crippen LogP contribution in [0.4, 0.5) is 11.8 Å². The van der Waals surface area contributed by atoms with Gasteiger partial charge in [-0.05, 0) is 37.7 Å². The van der Waals surface area contributed by atoms with Gasteiger partial charge < -0.3 is 15.8 Å². The van der Waals surface area contributed by atoms with Gasteiger partial charge in [-0.3, -0.25) is 0 Å². The van der Waals surface area contributed by atoms with Crippen LogP contribution in [0.15, 0.2) is 6.07 Å². The molecule has 112 valence electrons. The Morgan fingerprint density at radius 1 is 1.38 bits per heavy atom. The van der Waals surface area contributed by atoms with Gasteiger partial charge in [0.05, 0.1) is 17.5 Å². The zero-order chi connectivity index (χ0) is 14.4. The first-order valence-corrected chi connectivity index (χ1v) is 8.50. The van der Waals surface area contributed by atoms with Crippen molar-refractivity contribution in [3.63, 3.8) is 0 Å². The fraction of sp³-hybridized carbons (Fsp3) is 0.600. The summed E-state index contributed by atoms with van der Waals surface area (Å²) in [5.41, 5.74) is 5.87. The third-order valence-corrected chi connectivity index (χ3v) is 5.53. The molecule has 3 heterocycles. The minimum atomic E-state index is 0.334. The molecule has 2 atom stereocenters. The summed E-state index contributed by atoms with van der Waals surface area (Å²) in [4.78, 5) is 11.1. The average Bonchev–Trinajstić information content (AvgIpc) is 3.06. The molecule has 0 bridgehead atoms. The van der Waals surface area contributed by atoms with Crippen LogP contribution in [0.5, 0.6) is 0 Å². The number of nitrogens with two attached hydrogens (primary N) is 1. The van der Waals surface area contributed by atoms with Crippen LogP contribution in [0.2, 0.25) is 0 Å². The number of hydrogen-bond donors (Lipinski definition) is 2. The fourth-order valence-corrected chi connectivity index (χ4v) is 4.08. The van der Waals surface area contributed by atoms with Crippen molar-refractivity contribution in [3.8, 4) is 0 Å². The molecule has 2 aromatic rings. The van der Waals surface area contributed by atoms with Gasteiger partial charge in [-0.2, -0.15) is 4.98 Å². The summed E-state index contributed by atoms with van der Waals surface area (Å²) < 4.78 is 5.90. The highest BCUT2D eigenvalue weighted by Crippen LogP contribution is 2.40. The molecule has 0 aromatic carbocycles. The Balaban J connectivity index is 1.67. The van der Waals surface area contributed by atoms with Gasteiger partial charge in [0.2, 0.25) is 5.95 Å². The number of fused-ring (bicyclic) bond motifs is 1. The lowest BCUT2D eigenvalue weighted by molar-refractivity contribution is 0.0898. The lowest BCUT2D eigenvalue weighted by Gasteiger charge is -2.20. The summed E-state index contributed by atoms with van der Waals surface area (Å²) in [5, 5.41) is 4.67. The normalized spacial score (nSPS) is 25.6. The first-order chi connectivity index (χ1) is 10.2. The van der Waals surface area contributed by atoms with Crippen LogP contribution >= 0.6 is 11.3 Å². The van der Waals surface area contributed by atoms with Crippen molar-refractivity contribution in [1.82, 2.24) is 9.97 Å². The Morgan fingerprint density at radius 3 is 3.00 bits per heavy atom. The molecule has 6 heteroatoms. The first-order valence-electron chi connectivity index (χ1n) is 7.68. The summed E-state index contributed by atoms with van der Waals surface area (Å²) in [5.74, 6) is 1.94. The molecule has 0 spiro atoms. The van der Waals surface area contributed by atoms with E-state index in [1.165, 1.54) is 17.7 Å². The topological polar surface area (TPSA) is 73.1 Å². The summed E-state index contributed by atoms with van der Waals surface area (Å²) in [6.45, 7) is 2.99. The highest BCUT2D eigenvalue weighted by atomic mass is 32.1. The number of aryl methyl sites for hydroxylation is 1. The van der Waals surface area contributed by atoms with Gasteiger partial charge in [-0.25, -0.2) is 4.98 Å². The molecule has 2 fully saturated rings. The largest absolute Gasteiger partial charge is 0.376 e. The van der Waals surface area contributed by atoms with Crippen molar-refractivity contribution < 1.29 is 4.74 Å². The number of hydrogen-bond acceptors (Lipinski definition) is 6. The van der Waals surface area contributed by atoms with Gasteiger partial charge in [0.15, 0.2) is 0 Å². The van der Waals surface area contributed by atoms with E-state index in [2.05, 4.69) is 28.3 Å². The van der Waals surface area contributed by atoms with Crippen molar-refractivity contribution in [2.45, 2.75) is 44.8 Å². The van der Waals surface area contributed by atoms with Crippen molar-refractivity contribution in [3.05, 3.63) is 10.9 Å². The van der Waals surface area contributed by atoms with E-state index >= 15 is 0 Å². The molecule has 21 heavy (non-hydrogen) atoms. The maximum absolute atomic E-state index is 5.90. The number of nitrogen functional groups attached to an aromatic ring is 1. The zero-order valence-electron chi connectivity index (χ0n) is 12.1. The molecule has 0 amide bonds. The van der Waals surface area contributed by atoms with Crippen molar-refractivity contribution in [2.24, 2.45) is 5.92 Å². The molecule has 3 N–H and O–H groups in total. The predicted octanol–water partition coefficient (Wildman–Crippen LogP) is 2.82. The Hall–Kier alpha value is -1.40. The van der Waals surface area contributed by atoms with Gasteiger partial charge >= 0.3 is 0 Å². The predicted molar refractivity (Wildman–Crippen MR) is 85.7 cm³/mol. The minimum absolute atomic E-state index is 0.334. The quantitative estimate of drug-likeness (QED) is 0.908. The van der Waals surface area contributed by atoms with Crippen molar-refractivity contribution in [1.29, 1.82) is 0 Å². The Kier molecular flexibility index (Phi) is 3.23. The molecule has 5 nitrogen and oxygen atoms in total. The SMILES string of the molecule is CCc1cc2c(NC3CCOC3C3CC3)nc(N)nc2s1. The average molecular weight is 304 g/mol. The van der Waals surface area contributed by atoms with Gasteiger partial charge in [0.1, 0.15) is 10.6 Å². The number of aromatic nitrogens is 2. The maximum atomic E-state index is 5.90. The Morgan fingerprint density at radius 2 is 2.24 bits per heavy atom. The fourth-order valence-electron chi connectivity index (χ4n) is 3.10. The third kappa shape index (κ3) is 2.46. The van der Waals surface area contributed by atoms with Crippen LogP contribution in [-0.2, 0) is 11.2 Å². The number of ether oxygens (including phenoxy) is 1. The van der Waals surface area contributed by atoms with Crippen LogP contribution in [-0.4, -0.2) is 28.7 Å². The molecule has 4 rings (SSSR count). The molecule has 2 aliphatic rings. The van der Waals surface area contributed by atoms with E-state index in [0.29, 0.717) is 18.1 Å². The molecule has 2 unspecified atom stereocenters. The lowest BCUT2D eigenvalue weighted by Crippen LogP contribution is -2.31. The molecule has 1 aliphatic heterocycles. The first kappa shape index (κ1) is 13.3. The maximum Gasteiger partial charge on any atom is 0.223 e. The van der Waals surface area contributed by atoms with E-state index in [1.54, 1.807) is 11.3 Å². The second kappa shape index (κ2) is 5.10. The summed E-state index contributed by atoms with van der Waals surface area (Å²) >= 11 is 1.70. The second-order valence-corrected chi connectivity index (χ2v) is 7.04. The molecule has 0 radical (unpaired) electrons. The van der Waals surface area contributed by atoms with Crippen LogP contribution < -0.4 is 11.1 Å². The molecular weight excluding hydrogens is 284 g/mol. The van der Waals surface area contributed by atoms with E-state index in [4.69, 9.17) is 10.5 Å². The standard InChI is InChI=1S/C15H20N4OS/c1-2-9-7-10-13(18-15(16)19-14(10)21-9)17-11-5-6-20-12(11)8-3-4-8/h7-8,11-12H,2-6H2,1H3,(H3,16,17,18,19). The van der Waals surface area contributed by atoms with Crippen LogP contribution in [0, 0.1) is 5.92 Å². The molecule has 1 saturated carbocycles. The van der Waals surface area contributed by atoms with Gasteiger partial charge in [-0.15, -0.1) is 11.3 Å². The number of anilines is 2. The van der Waals surface area contributed by atoms with Gasteiger partial charge in [0, 0.05) is 11.5 Å². The Labute approximate surface area is 127 Å². The van der Waals surface area contributed by atoms with E-state index in [9.17, 15) is 0 Å². The van der Waals surface area contributed by atoms with E-state index in [-0.39, 0.29) is 0 Å². The summed E-state index contributed by atoms with van der Waals surface area (Å²) in [7, 11) is 0. The number of nitrogens with zero attached hydrogens (tertiary/aromatic N) is 2. The molecule has 1 aliphatic carbocycles. The van der Waals surface area contributed by atoms with E-state index < -0.39 is 0 Å². The monoisotopic (exact) mass is 304 g/mol. The minimum Gasteiger partial charge on any atom is -0.376 e. The number of nitrogens with one attached hydrogen (secondary N) is 1. The third-order valence-electron chi connectivity index (χ3n) is 4.35. The van der Waals surface area contributed by atoms with Crippen LogP contribution in [0.25, 0.3) is 10.2 Å². The zero-order valence-corrected chi connectivity index (χ0v) is 12.9. The second-order valence-electron chi connectivity index (χ2n) is 5.93. The molecular formula is C15H20N4OS. The summed E-state index contributed by atoms with van der Waals surface area (Å²) in [6, 6.07) is 2.53. The van der Waals surface area contributed by atoms with Gasteiger partial charge in [0.25, 0.3) is 0 Å². The highest BCUT2D eigenvalue weighted by molar-refractivity contribution is 7.18.